The van der Waals surface area contributed by atoms with Crippen LogP contribution < -0.4 is 5.32 Å². The van der Waals surface area contributed by atoms with Crippen molar-refractivity contribution in [3.8, 4) is 0 Å². The predicted molar refractivity (Wildman–Crippen MR) is 250 cm³/mol. The number of aliphatic hydroxyl groups excluding tert-OH is 2. The van der Waals surface area contributed by atoms with Gasteiger partial charge in [0.1, 0.15) is 6.10 Å². The molecule has 0 spiro atoms. The highest BCUT2D eigenvalue weighted by Crippen LogP contribution is 2.16. The molecule has 0 fully saturated rings. The Morgan fingerprint density at radius 1 is 0.534 bits per heavy atom. The molecule has 334 valence electrons. The average molecular weight is 810 g/mol. The van der Waals surface area contributed by atoms with Crippen LogP contribution in [-0.4, -0.2) is 46.9 Å². The quantitative estimate of drug-likeness (QED) is 0.0247. The largest absolute Gasteiger partial charge is 0.462 e. The van der Waals surface area contributed by atoms with E-state index in [-0.39, 0.29) is 31.3 Å². The Hall–Kier alpha value is -2.70. The SMILES string of the molecule is CC/C=C/C=C/C=C\C=C/CCCC(CC(=O)NC(CO)C(O)CCCCCCCCCCCCCCCCC)OC(=O)CC/C=C/C/C=C\CCCCCCCC. The monoisotopic (exact) mass is 810 g/mol. The molecule has 0 radical (unpaired) electrons. The second-order valence-electron chi connectivity index (χ2n) is 16.2. The summed E-state index contributed by atoms with van der Waals surface area (Å²) in [6.07, 6.45) is 57.0. The Labute approximate surface area is 358 Å². The first-order valence-electron chi connectivity index (χ1n) is 24.2. The molecule has 3 N–H and O–H groups in total. The topological polar surface area (TPSA) is 95.9 Å². The third-order valence-corrected chi connectivity index (χ3v) is 10.6. The summed E-state index contributed by atoms with van der Waals surface area (Å²) in [6, 6.07) is -0.735. The fraction of sp³-hybridized carbons (Fsp3) is 0.731. The van der Waals surface area contributed by atoms with E-state index in [0.29, 0.717) is 19.3 Å². The van der Waals surface area contributed by atoms with Gasteiger partial charge in [0.25, 0.3) is 0 Å². The van der Waals surface area contributed by atoms with Gasteiger partial charge in [-0.2, -0.15) is 0 Å². The van der Waals surface area contributed by atoms with Gasteiger partial charge in [-0.25, -0.2) is 0 Å². The van der Waals surface area contributed by atoms with Gasteiger partial charge in [0.05, 0.1) is 25.2 Å². The van der Waals surface area contributed by atoms with Crippen LogP contribution in [0.4, 0.5) is 0 Å². The van der Waals surface area contributed by atoms with Gasteiger partial charge in [0.2, 0.25) is 5.91 Å². The highest BCUT2D eigenvalue weighted by molar-refractivity contribution is 5.77. The number of rotatable bonds is 42. The number of allylic oxidation sites excluding steroid dienone is 12. The number of unbranched alkanes of at least 4 members (excludes halogenated alkanes) is 21. The number of nitrogens with one attached hydrogen (secondary N) is 1. The van der Waals surface area contributed by atoms with Crippen molar-refractivity contribution in [1.82, 2.24) is 5.32 Å². The molecular weight excluding hydrogens is 719 g/mol. The Balaban J connectivity index is 4.67. The Bertz CT molecular complexity index is 1090. The molecule has 0 bridgehead atoms. The number of aliphatic hydroxyl groups is 2. The van der Waals surface area contributed by atoms with Crippen LogP contribution in [0.15, 0.2) is 72.9 Å². The van der Waals surface area contributed by atoms with E-state index in [1.165, 1.54) is 116 Å². The summed E-state index contributed by atoms with van der Waals surface area (Å²) in [4.78, 5) is 26.0. The highest BCUT2D eigenvalue weighted by Gasteiger charge is 2.23. The van der Waals surface area contributed by atoms with Crippen molar-refractivity contribution in [1.29, 1.82) is 0 Å². The van der Waals surface area contributed by atoms with Crippen molar-refractivity contribution in [2.24, 2.45) is 0 Å². The van der Waals surface area contributed by atoms with Crippen molar-refractivity contribution in [3.05, 3.63) is 72.9 Å². The average Bonchev–Trinajstić information content (AvgIpc) is 3.22. The fourth-order valence-electron chi connectivity index (χ4n) is 6.97. The summed E-state index contributed by atoms with van der Waals surface area (Å²) in [5, 5.41) is 23.7. The Kier molecular flexibility index (Phi) is 43.3. The number of esters is 1. The van der Waals surface area contributed by atoms with Crippen LogP contribution in [0.3, 0.4) is 0 Å². The first-order chi connectivity index (χ1) is 28.5. The molecule has 0 saturated carbocycles. The van der Waals surface area contributed by atoms with E-state index < -0.39 is 18.2 Å². The van der Waals surface area contributed by atoms with Crippen molar-refractivity contribution in [3.63, 3.8) is 0 Å². The molecule has 0 saturated heterocycles. The maximum Gasteiger partial charge on any atom is 0.306 e. The molecule has 0 aliphatic heterocycles. The molecule has 3 unspecified atom stereocenters. The van der Waals surface area contributed by atoms with Crippen LogP contribution in [0.5, 0.6) is 0 Å². The van der Waals surface area contributed by atoms with Crippen molar-refractivity contribution < 1.29 is 24.5 Å². The van der Waals surface area contributed by atoms with Gasteiger partial charge in [-0.05, 0) is 57.8 Å². The fourth-order valence-corrected chi connectivity index (χ4v) is 6.97. The first kappa shape index (κ1) is 55.3. The van der Waals surface area contributed by atoms with Crippen LogP contribution in [0.25, 0.3) is 0 Å². The zero-order valence-electron chi connectivity index (χ0n) is 37.9. The zero-order chi connectivity index (χ0) is 42.4. The second kappa shape index (κ2) is 45.4. The lowest BCUT2D eigenvalue weighted by atomic mass is 10.0. The maximum absolute atomic E-state index is 13.1. The molecule has 0 heterocycles. The number of carbonyl (C=O) groups is 2. The molecule has 0 aliphatic rings. The molecule has 1 amide bonds. The molecule has 58 heavy (non-hydrogen) atoms. The van der Waals surface area contributed by atoms with E-state index in [4.69, 9.17) is 4.74 Å². The third-order valence-electron chi connectivity index (χ3n) is 10.6. The van der Waals surface area contributed by atoms with Gasteiger partial charge in [0.15, 0.2) is 0 Å². The normalized spacial score (nSPS) is 13.9. The van der Waals surface area contributed by atoms with Crippen molar-refractivity contribution >= 4 is 11.9 Å². The van der Waals surface area contributed by atoms with Crippen LogP contribution in [-0.2, 0) is 14.3 Å². The number of carbonyl (C=O) groups excluding carboxylic acids is 2. The van der Waals surface area contributed by atoms with E-state index in [1.54, 1.807) is 0 Å². The molecule has 3 atom stereocenters. The van der Waals surface area contributed by atoms with Gasteiger partial charge in [-0.15, -0.1) is 0 Å². The number of hydrogen-bond acceptors (Lipinski definition) is 5. The molecular formula is C52H91NO5. The van der Waals surface area contributed by atoms with Gasteiger partial charge < -0.3 is 20.3 Å². The zero-order valence-corrected chi connectivity index (χ0v) is 37.9. The molecule has 0 rings (SSSR count). The first-order valence-corrected chi connectivity index (χ1v) is 24.2. The molecule has 0 aromatic rings. The van der Waals surface area contributed by atoms with E-state index in [1.807, 2.05) is 42.5 Å². The second-order valence-corrected chi connectivity index (χ2v) is 16.2. The molecule has 6 heteroatoms. The van der Waals surface area contributed by atoms with Crippen LogP contribution >= 0.6 is 0 Å². The van der Waals surface area contributed by atoms with Crippen molar-refractivity contribution in [2.45, 2.75) is 238 Å². The smallest absolute Gasteiger partial charge is 0.306 e. The third kappa shape index (κ3) is 40.1. The minimum atomic E-state index is -0.815. The van der Waals surface area contributed by atoms with E-state index in [2.05, 4.69) is 56.5 Å². The van der Waals surface area contributed by atoms with Crippen molar-refractivity contribution in [2.75, 3.05) is 6.61 Å². The summed E-state index contributed by atoms with van der Waals surface area (Å²) < 4.78 is 5.83. The summed E-state index contributed by atoms with van der Waals surface area (Å²) in [7, 11) is 0. The van der Waals surface area contributed by atoms with Crippen LogP contribution in [0.1, 0.15) is 220 Å². The Morgan fingerprint density at radius 2 is 1.02 bits per heavy atom. The lowest BCUT2D eigenvalue weighted by molar-refractivity contribution is -0.150. The summed E-state index contributed by atoms with van der Waals surface area (Å²) >= 11 is 0. The Morgan fingerprint density at radius 3 is 1.57 bits per heavy atom. The lowest BCUT2D eigenvalue weighted by Crippen LogP contribution is -2.46. The van der Waals surface area contributed by atoms with Gasteiger partial charge in [0, 0.05) is 6.42 Å². The minimum Gasteiger partial charge on any atom is -0.462 e. The van der Waals surface area contributed by atoms with Crippen LogP contribution in [0, 0.1) is 0 Å². The molecule has 0 aromatic heterocycles. The van der Waals surface area contributed by atoms with E-state index in [0.717, 1.165) is 51.4 Å². The van der Waals surface area contributed by atoms with Gasteiger partial charge >= 0.3 is 5.97 Å². The summed E-state index contributed by atoms with van der Waals surface area (Å²) in [6.45, 7) is 6.29. The number of ether oxygens (including phenoxy) is 1. The molecule has 0 aliphatic carbocycles. The standard InChI is InChI=1S/C52H91NO5/c1-4-7-10-13-16-19-22-24-25-27-29-32-35-38-41-44-50(55)49(47-54)53-51(56)46-48(43-40-37-34-31-28-21-18-15-12-9-6-3)58-52(57)45-42-39-36-33-30-26-23-20-17-14-11-8-5-2/h9,12,15,18,21,26,28,30-31,34,36,39,48-50,54-55H,4-8,10-11,13-14,16-17,19-20,22-25,27,29,32-33,35,37-38,40-47H2,1-3H3,(H,53,56)/b12-9+,18-15+,28-21-,30-26-,34-31-,39-36+. The van der Waals surface area contributed by atoms with E-state index >= 15 is 0 Å². The molecule has 0 aromatic carbocycles. The summed E-state index contributed by atoms with van der Waals surface area (Å²) in [5.74, 6) is -0.627. The highest BCUT2D eigenvalue weighted by atomic mass is 16.5. The van der Waals surface area contributed by atoms with E-state index in [9.17, 15) is 19.8 Å². The van der Waals surface area contributed by atoms with Crippen LogP contribution in [0.2, 0.25) is 0 Å². The van der Waals surface area contributed by atoms with Gasteiger partial charge in [-0.1, -0.05) is 222 Å². The predicted octanol–water partition coefficient (Wildman–Crippen LogP) is 14.2. The summed E-state index contributed by atoms with van der Waals surface area (Å²) in [5.41, 5.74) is 0. The number of amides is 1. The number of hydrogen-bond donors (Lipinski definition) is 3. The minimum absolute atomic E-state index is 0.00679. The maximum atomic E-state index is 13.1. The molecule has 6 nitrogen and oxygen atoms in total. The lowest BCUT2D eigenvalue weighted by Gasteiger charge is -2.24. The van der Waals surface area contributed by atoms with Gasteiger partial charge in [-0.3, -0.25) is 9.59 Å².